The Morgan fingerprint density at radius 1 is 0.833 bits per heavy atom. The van der Waals surface area contributed by atoms with Gasteiger partial charge in [0.25, 0.3) is 0 Å². The summed E-state index contributed by atoms with van der Waals surface area (Å²) in [5, 5.41) is 14.4. The Bertz CT molecular complexity index is 1880. The van der Waals surface area contributed by atoms with Crippen LogP contribution in [0.4, 0.5) is 5.13 Å². The van der Waals surface area contributed by atoms with Crippen molar-refractivity contribution in [3.63, 3.8) is 0 Å². The number of ether oxygens (including phenoxy) is 1. The Morgan fingerprint density at radius 2 is 1.33 bits per heavy atom. The van der Waals surface area contributed by atoms with Crippen molar-refractivity contribution in [3.8, 4) is 11.4 Å². The number of anilines is 1. The molecule has 5 rings (SSSR count). The first-order valence-corrected chi connectivity index (χ1v) is 20.4. The monoisotopic (exact) mass is 993 g/mol. The zero-order chi connectivity index (χ0) is 43.1. The zero-order valence-corrected chi connectivity index (χ0v) is 38.9. The molecule has 60 heavy (non-hydrogen) atoms. The summed E-state index contributed by atoms with van der Waals surface area (Å²) < 4.78 is 4.71. The molecule has 1 atom stereocenters. The van der Waals surface area contributed by atoms with Gasteiger partial charge in [-0.25, -0.2) is 24.9 Å². The molecule has 0 amide bonds. The second-order valence-corrected chi connectivity index (χ2v) is 13.4. The molecular formula is C40H57Br2N11O5S2. The first-order valence-electron chi connectivity index (χ1n) is 18.3. The predicted molar refractivity (Wildman–Crippen MR) is 252 cm³/mol. The fourth-order valence-electron chi connectivity index (χ4n) is 4.11. The number of esters is 1. The first kappa shape index (κ1) is 57.4. The third kappa shape index (κ3) is 23.8. The van der Waals surface area contributed by atoms with Gasteiger partial charge in [-0.1, -0.05) is 67.6 Å². The first-order chi connectivity index (χ1) is 27.9. The number of carbonyl (C=O) groups is 3. The summed E-state index contributed by atoms with van der Waals surface area (Å²) in [4.78, 5) is 65.5. The summed E-state index contributed by atoms with van der Waals surface area (Å²) in [5.74, 6) is 0.339. The average Bonchev–Trinajstić information content (AvgIpc) is 3.70. The van der Waals surface area contributed by atoms with Gasteiger partial charge in [0.05, 0.1) is 25.4 Å². The molecule has 0 saturated carbocycles. The summed E-state index contributed by atoms with van der Waals surface area (Å²) in [7, 11) is 0. The minimum Gasteiger partial charge on any atom is -0.465 e. The van der Waals surface area contributed by atoms with E-state index in [1.807, 2.05) is 18.2 Å². The number of thiazole rings is 1. The van der Waals surface area contributed by atoms with Gasteiger partial charge in [0.15, 0.2) is 20.9 Å². The van der Waals surface area contributed by atoms with E-state index >= 15 is 0 Å². The Hall–Kier alpha value is -4.73. The molecule has 0 spiro atoms. The Kier molecular flexibility index (Phi) is 33.5. The number of hydrogen-bond donors (Lipinski definition) is 4. The van der Waals surface area contributed by atoms with Crippen LogP contribution in [0.15, 0.2) is 85.7 Å². The number of pyridine rings is 2. The van der Waals surface area contributed by atoms with Gasteiger partial charge < -0.3 is 31.1 Å². The van der Waals surface area contributed by atoms with Gasteiger partial charge in [0.2, 0.25) is 5.78 Å². The van der Waals surface area contributed by atoms with Crippen molar-refractivity contribution >= 4 is 84.2 Å². The number of carbonyl (C=O) groups excluding carboxylic acids is 3. The number of thiocarbonyl (C=S) groups is 1. The topological polar surface area (TPSA) is 224 Å². The van der Waals surface area contributed by atoms with Crippen molar-refractivity contribution in [1.29, 1.82) is 0 Å². The normalized spacial score (nSPS) is 9.95. The lowest BCUT2D eigenvalue weighted by Gasteiger charge is -2.13. The van der Waals surface area contributed by atoms with Crippen LogP contribution in [0.2, 0.25) is 0 Å². The molecule has 0 bridgehead atoms. The van der Waals surface area contributed by atoms with Gasteiger partial charge >= 0.3 is 5.97 Å². The highest BCUT2D eigenvalue weighted by Crippen LogP contribution is 2.30. The van der Waals surface area contributed by atoms with Crippen LogP contribution in [0.1, 0.15) is 80.8 Å². The van der Waals surface area contributed by atoms with Crippen LogP contribution in [0, 0.1) is 0 Å². The van der Waals surface area contributed by atoms with Crippen LogP contribution in [-0.2, 0) is 22.6 Å². The van der Waals surface area contributed by atoms with Crippen LogP contribution in [0.5, 0.6) is 0 Å². The lowest BCUT2D eigenvalue weighted by Crippen LogP contribution is -2.29. The molecule has 0 aliphatic rings. The third-order valence-corrected chi connectivity index (χ3v) is 8.94. The number of halogens is 2. The fraction of sp³-hybridized carbons (Fsp3) is 0.375. The van der Waals surface area contributed by atoms with E-state index in [-0.39, 0.29) is 54.2 Å². The van der Waals surface area contributed by atoms with Gasteiger partial charge in [-0.15, -0.1) is 17.0 Å². The largest absolute Gasteiger partial charge is 0.465 e. The molecule has 0 radical (unpaired) electrons. The minimum atomic E-state index is -0.979. The number of nitrogens with two attached hydrogens (primary N) is 1. The molecule has 0 aliphatic carbocycles. The van der Waals surface area contributed by atoms with Gasteiger partial charge in [-0.05, 0) is 82.1 Å². The maximum Gasteiger partial charge on any atom is 0.327 e. The summed E-state index contributed by atoms with van der Waals surface area (Å²) in [6, 6.07) is 14.0. The number of aromatic nitrogens is 7. The second-order valence-electron chi connectivity index (χ2n) is 11.0. The van der Waals surface area contributed by atoms with E-state index in [4.69, 9.17) is 15.6 Å². The van der Waals surface area contributed by atoms with Crippen LogP contribution < -0.4 is 16.4 Å². The molecule has 5 aromatic rings. The number of rotatable bonds is 14. The van der Waals surface area contributed by atoms with Crippen molar-refractivity contribution in [1.82, 2.24) is 45.1 Å². The van der Waals surface area contributed by atoms with Crippen molar-refractivity contribution in [2.45, 2.75) is 66.9 Å². The standard InChI is InChI=1S/C15H13N5OS.C10H10BrNO3.C6H8N4S.C6H15N.C2H6O.CH4.BrH/c1-10(21)14-13(11-5-2-3-6-16-11)20-15(22-14)19-9-12-17-7-4-8-18-12;1-2-15-10(14)8(11)9(13)7-5-3-4-6-12-7;7-6(11)10-4-5-8-2-1-3-9-5;1-4-7(5-2)6-3;1-2-3;;/h2-8H,9H2,1H3,(H,19,20);3-6,8H,2H2,1H3;1-3H,4H2,(H3,7,10,11);4-6H2,1-3H3;3H,2H2,1H3;1H4;1H. The highest BCUT2D eigenvalue weighted by atomic mass is 79.9. The number of hydrogen-bond acceptors (Lipinski definition) is 16. The summed E-state index contributed by atoms with van der Waals surface area (Å²) in [6.07, 6.45) is 9.90. The number of nitrogens with one attached hydrogen (secondary N) is 2. The van der Waals surface area contributed by atoms with E-state index in [2.05, 4.69) is 99.3 Å². The number of Topliss-reactive ketones (excluding diaryl/α,β-unsaturated/α-hetero) is 2. The van der Waals surface area contributed by atoms with E-state index in [0.717, 1.165) is 0 Å². The van der Waals surface area contributed by atoms with Crippen LogP contribution in [-0.4, -0.2) is 105 Å². The molecule has 5 N–H and O–H groups in total. The molecular weight excluding hydrogens is 938 g/mol. The number of aliphatic hydroxyl groups excluding tert-OH is 1. The van der Waals surface area contributed by atoms with Crippen molar-refractivity contribution in [2.75, 3.05) is 38.2 Å². The highest BCUT2D eigenvalue weighted by molar-refractivity contribution is 9.10. The molecule has 0 aliphatic heterocycles. The predicted octanol–water partition coefficient (Wildman–Crippen LogP) is 6.77. The number of nitrogens with zero attached hydrogens (tertiary/aromatic N) is 8. The molecule has 5 heterocycles. The SMILES string of the molecule is Br.C.CC(=O)c1sc(NCc2ncccn2)nc1-c1ccccn1.CCN(CC)CC.CCO.CCOC(=O)C(Br)C(=O)c1ccccn1.NC(=S)NCc1ncccn1. The Morgan fingerprint density at radius 3 is 1.75 bits per heavy atom. The molecule has 0 saturated heterocycles. The molecule has 20 heteroatoms. The quantitative estimate of drug-likeness (QED) is 0.0296. The maximum absolute atomic E-state index is 11.8. The third-order valence-electron chi connectivity index (χ3n) is 6.89. The molecule has 328 valence electrons. The smallest absolute Gasteiger partial charge is 0.327 e. The van der Waals surface area contributed by atoms with E-state index in [0.29, 0.717) is 46.1 Å². The molecule has 0 aromatic carbocycles. The Labute approximate surface area is 381 Å². The molecule has 5 aromatic heterocycles. The summed E-state index contributed by atoms with van der Waals surface area (Å²) >= 11 is 8.90. The average molecular weight is 996 g/mol. The van der Waals surface area contributed by atoms with Crippen molar-refractivity contribution in [2.24, 2.45) is 5.73 Å². The van der Waals surface area contributed by atoms with E-state index in [9.17, 15) is 14.4 Å². The van der Waals surface area contributed by atoms with Crippen LogP contribution in [0.25, 0.3) is 11.4 Å². The lowest BCUT2D eigenvalue weighted by atomic mass is 10.2. The maximum atomic E-state index is 11.8. The molecule has 0 fully saturated rings. The minimum absolute atomic E-state index is 0. The zero-order valence-electron chi connectivity index (χ0n) is 33.9. The van der Waals surface area contributed by atoms with Crippen LogP contribution in [0.3, 0.4) is 0 Å². The summed E-state index contributed by atoms with van der Waals surface area (Å²) in [6.45, 7) is 16.5. The number of ketones is 2. The molecule has 1 unspecified atom stereocenters. The van der Waals surface area contributed by atoms with Gasteiger partial charge in [-0.3, -0.25) is 24.4 Å². The van der Waals surface area contributed by atoms with Gasteiger partial charge in [-0.2, -0.15) is 0 Å². The Balaban J connectivity index is 0. The second kappa shape index (κ2) is 35.1. The van der Waals surface area contributed by atoms with Gasteiger partial charge in [0, 0.05) is 50.7 Å². The lowest BCUT2D eigenvalue weighted by molar-refractivity contribution is -0.141. The van der Waals surface area contributed by atoms with E-state index < -0.39 is 16.6 Å². The molecule has 16 nitrogen and oxygen atoms in total. The van der Waals surface area contributed by atoms with Crippen LogP contribution >= 0.6 is 56.5 Å². The highest BCUT2D eigenvalue weighted by Gasteiger charge is 2.26. The van der Waals surface area contributed by atoms with Crippen molar-refractivity contribution in [3.05, 3.63) is 108 Å². The van der Waals surface area contributed by atoms with Crippen molar-refractivity contribution < 1.29 is 24.2 Å². The number of aliphatic hydroxyl groups is 1. The number of alkyl halides is 1. The summed E-state index contributed by atoms with van der Waals surface area (Å²) in [5.41, 5.74) is 6.74. The van der Waals surface area contributed by atoms with Gasteiger partial charge in [0.1, 0.15) is 27.9 Å². The van der Waals surface area contributed by atoms with E-state index in [1.54, 1.807) is 75.2 Å². The fourth-order valence-corrected chi connectivity index (χ4v) is 5.41. The van der Waals surface area contributed by atoms with E-state index in [1.165, 1.54) is 44.1 Å².